The van der Waals surface area contributed by atoms with E-state index in [1.165, 1.54) is 0 Å². The topological polar surface area (TPSA) is 65.5 Å². The first-order valence-corrected chi connectivity index (χ1v) is 12.0. The Kier molecular flexibility index (Phi) is 6.37. The van der Waals surface area contributed by atoms with E-state index in [0.29, 0.717) is 33.6 Å². The minimum Gasteiger partial charge on any atom is -0.486 e. The van der Waals surface area contributed by atoms with E-state index in [0.717, 1.165) is 35.3 Å². The molecule has 0 radical (unpaired) electrons. The number of thioether (sulfide) groups is 1. The molecule has 0 N–H and O–H groups in total. The van der Waals surface area contributed by atoms with Crippen LogP contribution in [-0.4, -0.2) is 17.3 Å². The summed E-state index contributed by atoms with van der Waals surface area (Å²) in [6, 6.07) is 22.1. The van der Waals surface area contributed by atoms with Gasteiger partial charge in [0.25, 0.3) is 5.22 Å². The number of hydrogen-bond acceptors (Lipinski definition) is 6. The van der Waals surface area contributed by atoms with Crippen LogP contribution in [0, 0.1) is 0 Å². The second-order valence-corrected chi connectivity index (χ2v) is 8.93. The number of unbranched alkanes of at least 4 members (excludes halogenated alkanes) is 1. The summed E-state index contributed by atoms with van der Waals surface area (Å²) in [6.07, 6.45) is 1.66. The summed E-state index contributed by atoms with van der Waals surface area (Å²) in [5.41, 5.74) is 2.74. The van der Waals surface area contributed by atoms with Gasteiger partial charge in [-0.25, -0.2) is 4.98 Å². The lowest BCUT2D eigenvalue weighted by molar-refractivity contribution is 0.302. The highest BCUT2D eigenvalue weighted by atomic mass is 35.5. The fourth-order valence-corrected chi connectivity index (χ4v) is 4.46. The number of nitrogens with zero attached hydrogens (tertiary/aromatic N) is 1. The third kappa shape index (κ3) is 4.77. The summed E-state index contributed by atoms with van der Waals surface area (Å²) < 4.78 is 17.8. The molecule has 0 unspecified atom stereocenters. The largest absolute Gasteiger partial charge is 0.486 e. The van der Waals surface area contributed by atoms with Gasteiger partial charge in [-0.1, -0.05) is 47.6 Å². The van der Waals surface area contributed by atoms with Crippen molar-refractivity contribution < 1.29 is 13.6 Å². The number of oxazole rings is 1. The van der Waals surface area contributed by atoms with E-state index in [1.807, 2.05) is 48.5 Å². The van der Waals surface area contributed by atoms with Gasteiger partial charge in [-0.05, 0) is 61.4 Å². The zero-order valence-electron chi connectivity index (χ0n) is 17.6. The van der Waals surface area contributed by atoms with E-state index in [9.17, 15) is 4.79 Å². The molecule has 0 amide bonds. The summed E-state index contributed by atoms with van der Waals surface area (Å²) in [7, 11) is 0. The van der Waals surface area contributed by atoms with Crippen LogP contribution in [0.25, 0.3) is 33.4 Å². The van der Waals surface area contributed by atoms with Crippen molar-refractivity contribution in [2.75, 3.05) is 12.4 Å². The first kappa shape index (κ1) is 21.6. The Morgan fingerprint density at radius 1 is 0.879 bits per heavy atom. The zero-order valence-corrected chi connectivity index (χ0v) is 19.2. The molecule has 5 rings (SSSR count). The maximum absolute atomic E-state index is 13.1. The maximum atomic E-state index is 13.1. The quantitative estimate of drug-likeness (QED) is 0.174. The van der Waals surface area contributed by atoms with E-state index >= 15 is 0 Å². The van der Waals surface area contributed by atoms with Gasteiger partial charge in [0.2, 0.25) is 11.2 Å². The molecule has 33 heavy (non-hydrogen) atoms. The average Bonchev–Trinajstić information content (AvgIpc) is 3.26. The van der Waals surface area contributed by atoms with Crippen molar-refractivity contribution in [2.24, 2.45) is 0 Å². The Hall–Kier alpha value is -3.22. The van der Waals surface area contributed by atoms with Gasteiger partial charge in [-0.3, -0.25) is 4.79 Å². The molecule has 3 aromatic carbocycles. The molecule has 5 aromatic rings. The lowest BCUT2D eigenvalue weighted by atomic mass is 10.1. The van der Waals surface area contributed by atoms with E-state index in [2.05, 4.69) is 4.98 Å². The molecule has 0 spiro atoms. The van der Waals surface area contributed by atoms with Crippen molar-refractivity contribution in [2.45, 2.75) is 18.1 Å². The Morgan fingerprint density at radius 3 is 2.45 bits per heavy atom. The van der Waals surface area contributed by atoms with Gasteiger partial charge in [0, 0.05) is 16.3 Å². The van der Waals surface area contributed by atoms with Crippen LogP contribution in [0.5, 0.6) is 5.75 Å². The molecule has 0 saturated carbocycles. The molecule has 0 saturated heterocycles. The fraction of sp³-hybridized carbons (Fsp3) is 0.154. The average molecular weight is 478 g/mol. The van der Waals surface area contributed by atoms with Crippen molar-refractivity contribution in [3.05, 3.63) is 88.0 Å². The predicted octanol–water partition coefficient (Wildman–Crippen LogP) is 7.21. The minimum atomic E-state index is -0.178. The second-order valence-electron chi connectivity index (χ2n) is 7.44. The molecule has 0 fully saturated rings. The molecule has 2 heterocycles. The van der Waals surface area contributed by atoms with Crippen LogP contribution in [0.3, 0.4) is 0 Å². The predicted molar refractivity (Wildman–Crippen MR) is 132 cm³/mol. The molecule has 0 bridgehead atoms. The minimum absolute atomic E-state index is 0.178. The normalized spacial score (nSPS) is 11.3. The number of halogens is 1. The second kappa shape index (κ2) is 9.73. The fourth-order valence-electron chi connectivity index (χ4n) is 3.50. The van der Waals surface area contributed by atoms with Gasteiger partial charge in [0.15, 0.2) is 11.3 Å². The van der Waals surface area contributed by atoms with Crippen LogP contribution in [0.15, 0.2) is 91.6 Å². The Bertz CT molecular complexity index is 1430. The lowest BCUT2D eigenvalue weighted by Crippen LogP contribution is -2.11. The SMILES string of the molecule is O=c1c(OCCCCSc2nc3ccccc3o2)c(-c2ccc(Cl)cc2)oc2ccccc12. The van der Waals surface area contributed by atoms with Gasteiger partial charge in [0.1, 0.15) is 11.1 Å². The number of aromatic nitrogens is 1. The van der Waals surface area contributed by atoms with Gasteiger partial charge >= 0.3 is 0 Å². The van der Waals surface area contributed by atoms with Crippen LogP contribution >= 0.6 is 23.4 Å². The molecule has 5 nitrogen and oxygen atoms in total. The molecule has 0 atom stereocenters. The van der Waals surface area contributed by atoms with E-state index in [1.54, 1.807) is 36.0 Å². The summed E-state index contributed by atoms with van der Waals surface area (Å²) in [4.78, 5) is 17.6. The molecule has 0 aliphatic carbocycles. The van der Waals surface area contributed by atoms with Crippen molar-refractivity contribution in [3.8, 4) is 17.1 Å². The molecule has 7 heteroatoms. The van der Waals surface area contributed by atoms with Gasteiger partial charge in [-0.15, -0.1) is 0 Å². The molecule has 2 aromatic heterocycles. The van der Waals surface area contributed by atoms with Crippen LogP contribution < -0.4 is 10.2 Å². The van der Waals surface area contributed by atoms with Crippen LogP contribution in [0.1, 0.15) is 12.8 Å². The highest BCUT2D eigenvalue weighted by Crippen LogP contribution is 2.32. The number of ether oxygens (including phenoxy) is 1. The molecular formula is C26H20ClNO4S. The van der Waals surface area contributed by atoms with Crippen molar-refractivity contribution >= 4 is 45.4 Å². The molecule has 0 aliphatic heterocycles. The van der Waals surface area contributed by atoms with Crippen molar-refractivity contribution in [1.29, 1.82) is 0 Å². The van der Waals surface area contributed by atoms with Gasteiger partial charge in [-0.2, -0.15) is 0 Å². The number of benzene rings is 3. The first-order valence-electron chi connectivity index (χ1n) is 10.6. The highest BCUT2D eigenvalue weighted by molar-refractivity contribution is 7.99. The highest BCUT2D eigenvalue weighted by Gasteiger charge is 2.17. The Labute approximate surface area is 199 Å². The monoisotopic (exact) mass is 477 g/mol. The van der Waals surface area contributed by atoms with Gasteiger partial charge in [0.05, 0.1) is 12.0 Å². The van der Waals surface area contributed by atoms with Crippen LogP contribution in [-0.2, 0) is 0 Å². The standard InChI is InChI=1S/C26H20ClNO4S/c27-18-13-11-17(12-14-18)24-25(23(29)19-7-1-3-9-21(19)31-24)30-15-5-6-16-33-26-28-20-8-2-4-10-22(20)32-26/h1-4,7-14H,5-6,15-16H2. The van der Waals surface area contributed by atoms with Crippen LogP contribution in [0.2, 0.25) is 5.02 Å². The third-order valence-corrected chi connectivity index (χ3v) is 6.31. The van der Waals surface area contributed by atoms with Crippen molar-refractivity contribution in [3.63, 3.8) is 0 Å². The smallest absolute Gasteiger partial charge is 0.256 e. The van der Waals surface area contributed by atoms with Crippen molar-refractivity contribution in [1.82, 2.24) is 4.98 Å². The Balaban J connectivity index is 1.26. The number of fused-ring (bicyclic) bond motifs is 2. The van der Waals surface area contributed by atoms with E-state index in [-0.39, 0.29) is 11.2 Å². The third-order valence-electron chi connectivity index (χ3n) is 5.15. The van der Waals surface area contributed by atoms with E-state index in [4.69, 9.17) is 25.2 Å². The van der Waals surface area contributed by atoms with E-state index < -0.39 is 0 Å². The van der Waals surface area contributed by atoms with Crippen LogP contribution in [0.4, 0.5) is 0 Å². The number of rotatable bonds is 8. The lowest BCUT2D eigenvalue weighted by Gasteiger charge is -2.11. The zero-order chi connectivity index (χ0) is 22.6. The summed E-state index contributed by atoms with van der Waals surface area (Å²) >= 11 is 7.60. The molecule has 0 aliphatic rings. The summed E-state index contributed by atoms with van der Waals surface area (Å²) in [5.74, 6) is 1.48. The van der Waals surface area contributed by atoms with Gasteiger partial charge < -0.3 is 13.6 Å². The number of hydrogen-bond donors (Lipinski definition) is 0. The first-order chi connectivity index (χ1) is 16.2. The Morgan fingerprint density at radius 2 is 1.64 bits per heavy atom. The molecule has 166 valence electrons. The maximum Gasteiger partial charge on any atom is 0.256 e. The molecular weight excluding hydrogens is 458 g/mol. The number of para-hydroxylation sites is 3. The summed E-state index contributed by atoms with van der Waals surface area (Å²) in [5, 5.41) is 1.77. The summed E-state index contributed by atoms with van der Waals surface area (Å²) in [6.45, 7) is 0.401.